The molecule has 2 aromatic rings. The minimum absolute atomic E-state index is 0.0306. The summed E-state index contributed by atoms with van der Waals surface area (Å²) in [7, 11) is 0. The van der Waals surface area contributed by atoms with Gasteiger partial charge in [-0.3, -0.25) is 19.6 Å². The molecule has 1 saturated heterocycles. The normalized spacial score (nSPS) is 19.8. The minimum Gasteiger partial charge on any atom is -0.338 e. The maximum Gasteiger partial charge on any atom is 0.228 e. The molecular formula is C19H20N4O2. The molecule has 0 spiro atoms. The fourth-order valence-corrected chi connectivity index (χ4v) is 3.59. The number of pyridine rings is 2. The van der Waals surface area contributed by atoms with Crippen LogP contribution in [-0.2, 0) is 29.1 Å². The van der Waals surface area contributed by atoms with Crippen molar-refractivity contribution in [2.24, 2.45) is 5.92 Å². The predicted octanol–water partition coefficient (Wildman–Crippen LogP) is 1.41. The van der Waals surface area contributed by atoms with E-state index in [4.69, 9.17) is 0 Å². The monoisotopic (exact) mass is 336 g/mol. The molecule has 2 aliphatic heterocycles. The van der Waals surface area contributed by atoms with E-state index < -0.39 is 0 Å². The summed E-state index contributed by atoms with van der Waals surface area (Å²) in [6, 6.07) is 9.59. The molecule has 0 unspecified atom stereocenters. The van der Waals surface area contributed by atoms with E-state index in [0.29, 0.717) is 32.6 Å². The van der Waals surface area contributed by atoms with Gasteiger partial charge in [0.1, 0.15) is 0 Å². The summed E-state index contributed by atoms with van der Waals surface area (Å²) in [6.45, 7) is 2.21. The molecule has 4 rings (SSSR count). The molecule has 0 aliphatic carbocycles. The quantitative estimate of drug-likeness (QED) is 0.850. The Morgan fingerprint density at radius 1 is 1.16 bits per heavy atom. The largest absolute Gasteiger partial charge is 0.338 e. The zero-order valence-electron chi connectivity index (χ0n) is 14.0. The first kappa shape index (κ1) is 15.7. The van der Waals surface area contributed by atoms with Gasteiger partial charge in [0, 0.05) is 50.6 Å². The first-order valence-electron chi connectivity index (χ1n) is 8.60. The highest BCUT2D eigenvalue weighted by Gasteiger charge is 2.37. The number of amides is 2. The van der Waals surface area contributed by atoms with Gasteiger partial charge in [0.05, 0.1) is 18.2 Å². The van der Waals surface area contributed by atoms with Crippen molar-refractivity contribution in [1.29, 1.82) is 0 Å². The molecule has 0 aromatic carbocycles. The van der Waals surface area contributed by atoms with Crippen molar-refractivity contribution in [3.05, 3.63) is 59.7 Å². The van der Waals surface area contributed by atoms with Crippen LogP contribution in [0.3, 0.4) is 0 Å². The van der Waals surface area contributed by atoms with E-state index in [1.807, 2.05) is 35.2 Å². The first-order chi connectivity index (χ1) is 12.2. The Labute approximate surface area is 146 Å². The number of aromatic nitrogens is 2. The number of hydrogen-bond acceptors (Lipinski definition) is 4. The molecule has 0 radical (unpaired) electrons. The summed E-state index contributed by atoms with van der Waals surface area (Å²) in [5.41, 5.74) is 3.03. The molecule has 6 heteroatoms. The lowest BCUT2D eigenvalue weighted by Crippen LogP contribution is -2.40. The second kappa shape index (κ2) is 6.63. The van der Waals surface area contributed by atoms with Gasteiger partial charge < -0.3 is 9.80 Å². The van der Waals surface area contributed by atoms with Crippen LogP contribution in [0, 0.1) is 5.92 Å². The molecular weight excluding hydrogens is 316 g/mol. The van der Waals surface area contributed by atoms with Crippen LogP contribution in [0.25, 0.3) is 0 Å². The molecule has 2 aliphatic rings. The molecule has 1 fully saturated rings. The van der Waals surface area contributed by atoms with Crippen LogP contribution in [0.5, 0.6) is 0 Å². The SMILES string of the molecule is O=C1C[C@H](C(=O)N2CCc3ncccc3C2)CN1Cc1ccccn1. The molecule has 25 heavy (non-hydrogen) atoms. The van der Waals surface area contributed by atoms with E-state index in [2.05, 4.69) is 9.97 Å². The van der Waals surface area contributed by atoms with Crippen molar-refractivity contribution < 1.29 is 9.59 Å². The highest BCUT2D eigenvalue weighted by atomic mass is 16.2. The Morgan fingerprint density at radius 3 is 2.88 bits per heavy atom. The third kappa shape index (κ3) is 3.24. The average molecular weight is 336 g/mol. The molecule has 1 atom stereocenters. The summed E-state index contributed by atoms with van der Waals surface area (Å²) in [4.78, 5) is 37.4. The number of rotatable bonds is 3. The summed E-state index contributed by atoms with van der Waals surface area (Å²) in [5.74, 6) is -0.149. The zero-order valence-corrected chi connectivity index (χ0v) is 14.0. The van der Waals surface area contributed by atoms with Crippen molar-refractivity contribution in [3.8, 4) is 0 Å². The fourth-order valence-electron chi connectivity index (χ4n) is 3.59. The van der Waals surface area contributed by atoms with Gasteiger partial charge >= 0.3 is 0 Å². The summed E-state index contributed by atoms with van der Waals surface area (Å²) in [6.07, 6.45) is 4.58. The zero-order chi connectivity index (χ0) is 17.2. The van der Waals surface area contributed by atoms with Gasteiger partial charge in [0.15, 0.2) is 0 Å². The maximum atomic E-state index is 12.9. The smallest absolute Gasteiger partial charge is 0.228 e. The van der Waals surface area contributed by atoms with Gasteiger partial charge in [-0.15, -0.1) is 0 Å². The van der Waals surface area contributed by atoms with E-state index in [0.717, 1.165) is 23.4 Å². The lowest BCUT2D eigenvalue weighted by molar-refractivity contribution is -0.136. The lowest BCUT2D eigenvalue weighted by Gasteiger charge is -2.30. The first-order valence-corrected chi connectivity index (χ1v) is 8.60. The molecule has 2 aromatic heterocycles. The van der Waals surface area contributed by atoms with Gasteiger partial charge in [-0.1, -0.05) is 12.1 Å². The van der Waals surface area contributed by atoms with Crippen LogP contribution in [0.15, 0.2) is 42.7 Å². The Bertz CT molecular complexity index is 793. The highest BCUT2D eigenvalue weighted by molar-refractivity contribution is 5.89. The second-order valence-electron chi connectivity index (χ2n) is 6.62. The number of fused-ring (bicyclic) bond motifs is 1. The fraction of sp³-hybridized carbons (Fsp3) is 0.368. The third-order valence-electron chi connectivity index (χ3n) is 4.92. The van der Waals surface area contributed by atoms with Gasteiger partial charge in [0.2, 0.25) is 11.8 Å². The maximum absolute atomic E-state index is 12.9. The molecule has 6 nitrogen and oxygen atoms in total. The average Bonchev–Trinajstić information content (AvgIpc) is 3.02. The standard InChI is InChI=1S/C19H20N4O2/c24-18-10-15(12-23(18)13-16-5-1-2-7-20-16)19(25)22-9-6-17-14(11-22)4-3-8-21-17/h1-5,7-8,15H,6,9-13H2/t15-/m0/s1. The van der Waals surface area contributed by atoms with E-state index in [9.17, 15) is 9.59 Å². The van der Waals surface area contributed by atoms with Gasteiger partial charge in [-0.05, 0) is 23.8 Å². The summed E-state index contributed by atoms with van der Waals surface area (Å²) >= 11 is 0. The van der Waals surface area contributed by atoms with Gasteiger partial charge in [0.25, 0.3) is 0 Å². The number of nitrogens with zero attached hydrogens (tertiary/aromatic N) is 4. The number of carbonyl (C=O) groups is 2. The van der Waals surface area contributed by atoms with Gasteiger partial charge in [-0.25, -0.2) is 0 Å². The van der Waals surface area contributed by atoms with Crippen molar-refractivity contribution >= 4 is 11.8 Å². The second-order valence-corrected chi connectivity index (χ2v) is 6.62. The molecule has 4 heterocycles. The molecule has 0 bridgehead atoms. The Balaban J connectivity index is 1.41. The van der Waals surface area contributed by atoms with E-state index in [-0.39, 0.29) is 17.7 Å². The van der Waals surface area contributed by atoms with Crippen molar-refractivity contribution in [2.75, 3.05) is 13.1 Å². The predicted molar refractivity (Wildman–Crippen MR) is 91.1 cm³/mol. The topological polar surface area (TPSA) is 66.4 Å². The van der Waals surface area contributed by atoms with Crippen molar-refractivity contribution in [2.45, 2.75) is 25.9 Å². The number of likely N-dealkylation sites (tertiary alicyclic amines) is 1. The van der Waals surface area contributed by atoms with Crippen LogP contribution >= 0.6 is 0 Å². The minimum atomic E-state index is -0.255. The van der Waals surface area contributed by atoms with Crippen molar-refractivity contribution in [1.82, 2.24) is 19.8 Å². The number of hydrogen-bond donors (Lipinski definition) is 0. The number of carbonyl (C=O) groups excluding carboxylic acids is 2. The molecule has 0 N–H and O–H groups in total. The summed E-state index contributed by atoms with van der Waals surface area (Å²) < 4.78 is 0. The van der Waals surface area contributed by atoms with Gasteiger partial charge in [-0.2, -0.15) is 0 Å². The van der Waals surface area contributed by atoms with E-state index in [1.165, 1.54) is 0 Å². The van der Waals surface area contributed by atoms with Crippen LogP contribution in [0.4, 0.5) is 0 Å². The van der Waals surface area contributed by atoms with E-state index >= 15 is 0 Å². The lowest BCUT2D eigenvalue weighted by atomic mass is 10.0. The Morgan fingerprint density at radius 2 is 2.04 bits per heavy atom. The van der Waals surface area contributed by atoms with Crippen LogP contribution in [0.2, 0.25) is 0 Å². The molecule has 0 saturated carbocycles. The van der Waals surface area contributed by atoms with Crippen LogP contribution in [-0.4, -0.2) is 44.7 Å². The Hall–Kier alpha value is -2.76. The Kier molecular flexibility index (Phi) is 4.17. The molecule has 2 amide bonds. The van der Waals surface area contributed by atoms with E-state index in [1.54, 1.807) is 17.3 Å². The third-order valence-corrected chi connectivity index (χ3v) is 4.92. The highest BCUT2D eigenvalue weighted by Crippen LogP contribution is 2.25. The van der Waals surface area contributed by atoms with Crippen LogP contribution in [0.1, 0.15) is 23.4 Å². The van der Waals surface area contributed by atoms with Crippen molar-refractivity contribution in [3.63, 3.8) is 0 Å². The van der Waals surface area contributed by atoms with Crippen LogP contribution < -0.4 is 0 Å². The molecule has 128 valence electrons. The summed E-state index contributed by atoms with van der Waals surface area (Å²) in [5, 5.41) is 0.